The van der Waals surface area contributed by atoms with Crippen LogP contribution in [0, 0.1) is 11.3 Å². The third kappa shape index (κ3) is 2.33. The Hall–Kier alpha value is -2.13. The molecule has 0 N–H and O–H groups in total. The summed E-state index contributed by atoms with van der Waals surface area (Å²) in [7, 11) is 0. The Bertz CT molecular complexity index is 779. The number of fused-ring (bicyclic) bond motifs is 2. The topological polar surface area (TPSA) is 29.5 Å². The highest BCUT2D eigenvalue weighted by atomic mass is 16.5. The maximum absolute atomic E-state index is 13.1. The largest absolute Gasteiger partial charge is 0.379 e. The highest BCUT2D eigenvalue weighted by molar-refractivity contribution is 5.95. The van der Waals surface area contributed by atoms with E-state index in [0.29, 0.717) is 17.9 Å². The van der Waals surface area contributed by atoms with E-state index in [1.54, 1.807) is 0 Å². The lowest BCUT2D eigenvalue weighted by Gasteiger charge is -2.41. The first-order valence-electron chi connectivity index (χ1n) is 9.31. The molecule has 2 aromatic rings. The van der Waals surface area contributed by atoms with Crippen molar-refractivity contribution in [1.29, 1.82) is 0 Å². The molecule has 1 amide bonds. The minimum atomic E-state index is 0.170. The third-order valence-electron chi connectivity index (χ3n) is 6.57. The van der Waals surface area contributed by atoms with Crippen LogP contribution in [0.5, 0.6) is 0 Å². The number of carbonyl (C=O) groups excluding carboxylic acids is 1. The summed E-state index contributed by atoms with van der Waals surface area (Å²) in [4.78, 5) is 15.2. The molecule has 0 bridgehead atoms. The summed E-state index contributed by atoms with van der Waals surface area (Å²) in [6, 6.07) is 18.6. The van der Waals surface area contributed by atoms with Crippen LogP contribution in [0.4, 0.5) is 0 Å². The Kier molecular flexibility index (Phi) is 3.46. The number of nitrogens with zero attached hydrogens (tertiary/aromatic N) is 1. The van der Waals surface area contributed by atoms with Crippen LogP contribution in [0.2, 0.25) is 0 Å². The van der Waals surface area contributed by atoms with Crippen molar-refractivity contribution in [3.63, 3.8) is 0 Å². The highest BCUT2D eigenvalue weighted by Gasteiger charge is 2.58. The lowest BCUT2D eigenvalue weighted by atomic mass is 9.62. The summed E-state index contributed by atoms with van der Waals surface area (Å²) in [6.07, 6.45) is 3.82. The van der Waals surface area contributed by atoms with Crippen LogP contribution in [0.3, 0.4) is 0 Å². The molecule has 128 valence electrons. The van der Waals surface area contributed by atoms with E-state index in [4.69, 9.17) is 4.74 Å². The molecule has 3 fully saturated rings. The van der Waals surface area contributed by atoms with Gasteiger partial charge in [0.25, 0.3) is 5.91 Å². The minimum absolute atomic E-state index is 0.170. The summed E-state index contributed by atoms with van der Waals surface area (Å²) >= 11 is 0. The fourth-order valence-electron chi connectivity index (χ4n) is 4.99. The standard InChI is InChI=1S/C22H23NO2/c24-21(18-9-7-17(8-10-18)16-5-2-1-3-6-16)23-15-22(11-4-12-22)19-13-25-14-20(19)23/h1-3,5-10,19-20H,4,11-15H2. The lowest BCUT2D eigenvalue weighted by molar-refractivity contribution is 0.0451. The van der Waals surface area contributed by atoms with Crippen LogP contribution >= 0.6 is 0 Å². The molecule has 25 heavy (non-hydrogen) atoms. The molecule has 0 radical (unpaired) electrons. The van der Waals surface area contributed by atoms with E-state index in [1.807, 2.05) is 30.3 Å². The number of hydrogen-bond acceptors (Lipinski definition) is 2. The second kappa shape index (κ2) is 5.70. The van der Waals surface area contributed by atoms with Crippen molar-refractivity contribution in [1.82, 2.24) is 4.90 Å². The number of ether oxygens (including phenoxy) is 1. The first kappa shape index (κ1) is 15.2. The van der Waals surface area contributed by atoms with Crippen molar-refractivity contribution in [2.75, 3.05) is 19.8 Å². The van der Waals surface area contributed by atoms with Crippen LogP contribution in [0.25, 0.3) is 11.1 Å². The monoisotopic (exact) mass is 333 g/mol. The van der Waals surface area contributed by atoms with E-state index < -0.39 is 0 Å². The molecular formula is C22H23NO2. The van der Waals surface area contributed by atoms with Crippen LogP contribution in [0.1, 0.15) is 29.6 Å². The molecule has 2 saturated heterocycles. The minimum Gasteiger partial charge on any atom is -0.379 e. The van der Waals surface area contributed by atoms with Gasteiger partial charge in [-0.15, -0.1) is 0 Å². The molecule has 2 unspecified atom stereocenters. The van der Waals surface area contributed by atoms with Gasteiger partial charge < -0.3 is 9.64 Å². The second-order valence-corrected chi connectivity index (χ2v) is 7.80. The molecule has 1 spiro atoms. The molecule has 3 nitrogen and oxygen atoms in total. The van der Waals surface area contributed by atoms with Gasteiger partial charge in [0.15, 0.2) is 0 Å². The number of benzene rings is 2. The first-order valence-corrected chi connectivity index (χ1v) is 9.31. The zero-order valence-corrected chi connectivity index (χ0v) is 14.4. The summed E-state index contributed by atoms with van der Waals surface area (Å²) in [5, 5.41) is 0. The molecule has 3 heteroatoms. The van der Waals surface area contributed by atoms with Gasteiger partial charge in [-0.1, -0.05) is 48.9 Å². The SMILES string of the molecule is O=C(c1ccc(-c2ccccc2)cc1)N1CC2(CCC2)C2COCC21. The van der Waals surface area contributed by atoms with Gasteiger partial charge in [0.2, 0.25) is 0 Å². The maximum Gasteiger partial charge on any atom is 0.254 e. The molecular weight excluding hydrogens is 310 g/mol. The summed E-state index contributed by atoms with van der Waals surface area (Å²) < 4.78 is 5.74. The molecule has 2 aromatic carbocycles. The van der Waals surface area contributed by atoms with Gasteiger partial charge in [0.05, 0.1) is 19.3 Å². The van der Waals surface area contributed by atoms with Gasteiger partial charge in [-0.2, -0.15) is 0 Å². The van der Waals surface area contributed by atoms with E-state index in [2.05, 4.69) is 29.2 Å². The van der Waals surface area contributed by atoms with Gasteiger partial charge in [-0.05, 0) is 41.5 Å². The Labute approximate surface area is 148 Å². The van der Waals surface area contributed by atoms with E-state index in [-0.39, 0.29) is 11.9 Å². The summed E-state index contributed by atoms with van der Waals surface area (Å²) in [5.74, 6) is 0.720. The zero-order chi connectivity index (χ0) is 16.9. The van der Waals surface area contributed by atoms with Gasteiger partial charge in [0.1, 0.15) is 0 Å². The molecule has 0 aromatic heterocycles. The van der Waals surface area contributed by atoms with E-state index in [1.165, 1.54) is 24.8 Å². The van der Waals surface area contributed by atoms with Crippen molar-refractivity contribution in [2.24, 2.45) is 11.3 Å². The van der Waals surface area contributed by atoms with Gasteiger partial charge in [-0.25, -0.2) is 0 Å². The van der Waals surface area contributed by atoms with Crippen molar-refractivity contribution in [2.45, 2.75) is 25.3 Å². The summed E-state index contributed by atoms with van der Waals surface area (Å²) in [6.45, 7) is 2.46. The molecule has 2 atom stereocenters. The smallest absolute Gasteiger partial charge is 0.254 e. The molecule has 2 aliphatic heterocycles. The average Bonchev–Trinajstić information content (AvgIpc) is 3.22. The lowest BCUT2D eigenvalue weighted by Crippen LogP contribution is -2.39. The Morgan fingerprint density at radius 3 is 2.36 bits per heavy atom. The van der Waals surface area contributed by atoms with E-state index >= 15 is 0 Å². The van der Waals surface area contributed by atoms with Crippen molar-refractivity contribution < 1.29 is 9.53 Å². The van der Waals surface area contributed by atoms with Crippen molar-refractivity contribution in [3.8, 4) is 11.1 Å². The van der Waals surface area contributed by atoms with E-state index in [9.17, 15) is 4.79 Å². The van der Waals surface area contributed by atoms with E-state index in [0.717, 1.165) is 24.3 Å². The second-order valence-electron chi connectivity index (χ2n) is 7.80. The highest BCUT2D eigenvalue weighted by Crippen LogP contribution is 2.55. The fourth-order valence-corrected chi connectivity index (χ4v) is 4.99. The maximum atomic E-state index is 13.1. The Morgan fingerprint density at radius 2 is 1.68 bits per heavy atom. The van der Waals surface area contributed by atoms with Crippen molar-refractivity contribution >= 4 is 5.91 Å². The van der Waals surface area contributed by atoms with Gasteiger partial charge >= 0.3 is 0 Å². The zero-order valence-electron chi connectivity index (χ0n) is 14.4. The molecule has 1 aliphatic carbocycles. The number of likely N-dealkylation sites (tertiary alicyclic amines) is 1. The fraction of sp³-hybridized carbons (Fsp3) is 0.409. The van der Waals surface area contributed by atoms with Crippen LogP contribution in [-0.2, 0) is 4.74 Å². The molecule has 2 heterocycles. The number of hydrogen-bond donors (Lipinski definition) is 0. The molecule has 1 saturated carbocycles. The normalized spacial score (nSPS) is 26.5. The third-order valence-corrected chi connectivity index (χ3v) is 6.57. The van der Waals surface area contributed by atoms with Gasteiger partial charge in [0, 0.05) is 18.0 Å². The predicted molar refractivity (Wildman–Crippen MR) is 97.3 cm³/mol. The van der Waals surface area contributed by atoms with Crippen LogP contribution in [0.15, 0.2) is 54.6 Å². The Balaban J connectivity index is 1.39. The summed E-state index contributed by atoms with van der Waals surface area (Å²) in [5.41, 5.74) is 3.47. The van der Waals surface area contributed by atoms with Crippen LogP contribution in [-0.4, -0.2) is 36.6 Å². The first-order chi connectivity index (χ1) is 12.3. The Morgan fingerprint density at radius 1 is 0.960 bits per heavy atom. The average molecular weight is 333 g/mol. The number of amides is 1. The number of carbonyl (C=O) groups is 1. The number of rotatable bonds is 2. The quantitative estimate of drug-likeness (QED) is 0.831. The van der Waals surface area contributed by atoms with Crippen molar-refractivity contribution in [3.05, 3.63) is 60.2 Å². The predicted octanol–water partition coefficient (Wildman–Crippen LogP) is 3.99. The molecule has 5 rings (SSSR count). The molecule has 3 aliphatic rings. The van der Waals surface area contributed by atoms with Crippen LogP contribution < -0.4 is 0 Å². The van der Waals surface area contributed by atoms with Gasteiger partial charge in [-0.3, -0.25) is 4.79 Å².